The van der Waals surface area contributed by atoms with Gasteiger partial charge in [-0.15, -0.1) is 0 Å². The zero-order chi connectivity index (χ0) is 20.4. The maximum atomic E-state index is 12.8. The number of hydrogen-bond donors (Lipinski definition) is 0. The summed E-state index contributed by atoms with van der Waals surface area (Å²) in [7, 11) is 0. The van der Waals surface area contributed by atoms with Crippen LogP contribution in [0.4, 0.5) is 0 Å². The molecular weight excluding hydrogens is 364 g/mol. The van der Waals surface area contributed by atoms with Gasteiger partial charge in [0, 0.05) is 39.2 Å². The molecule has 0 bridgehead atoms. The number of ether oxygens (including phenoxy) is 1. The SMILES string of the molecule is Cc1ccc(CC(=O)N2CCC3(CCC(=O)N(CC4CCCO4)C3)CC2)cc1C. The Bertz CT molecular complexity index is 761. The van der Waals surface area contributed by atoms with Crippen LogP contribution >= 0.6 is 0 Å². The van der Waals surface area contributed by atoms with Crippen LogP contribution in [0, 0.1) is 19.3 Å². The minimum atomic E-state index is 0.184. The maximum absolute atomic E-state index is 12.8. The lowest BCUT2D eigenvalue weighted by molar-refractivity contribution is -0.143. The van der Waals surface area contributed by atoms with Crippen LogP contribution in [0.3, 0.4) is 0 Å². The Morgan fingerprint density at radius 1 is 1.17 bits per heavy atom. The second-order valence-corrected chi connectivity index (χ2v) is 9.39. The van der Waals surface area contributed by atoms with Crippen LogP contribution in [-0.4, -0.2) is 60.5 Å². The molecular formula is C24H34N2O3. The maximum Gasteiger partial charge on any atom is 0.226 e. The highest BCUT2D eigenvalue weighted by Crippen LogP contribution is 2.40. The van der Waals surface area contributed by atoms with E-state index in [2.05, 4.69) is 32.0 Å². The fraction of sp³-hybridized carbons (Fsp3) is 0.667. The number of carbonyl (C=O) groups excluding carboxylic acids is 2. The summed E-state index contributed by atoms with van der Waals surface area (Å²) >= 11 is 0. The van der Waals surface area contributed by atoms with E-state index in [1.54, 1.807) is 0 Å². The summed E-state index contributed by atoms with van der Waals surface area (Å²) in [5.74, 6) is 0.505. The van der Waals surface area contributed by atoms with E-state index >= 15 is 0 Å². The predicted octanol–water partition coefficient (Wildman–Crippen LogP) is 3.26. The quantitative estimate of drug-likeness (QED) is 0.782. The van der Waals surface area contributed by atoms with Gasteiger partial charge in [0.15, 0.2) is 0 Å². The van der Waals surface area contributed by atoms with Gasteiger partial charge in [-0.05, 0) is 68.1 Å². The number of rotatable bonds is 4. The molecule has 0 aromatic heterocycles. The number of hydrogen-bond acceptors (Lipinski definition) is 3. The smallest absolute Gasteiger partial charge is 0.226 e. The van der Waals surface area contributed by atoms with Gasteiger partial charge >= 0.3 is 0 Å². The van der Waals surface area contributed by atoms with E-state index in [4.69, 9.17) is 4.74 Å². The Hall–Kier alpha value is -1.88. The van der Waals surface area contributed by atoms with Gasteiger partial charge in [0.2, 0.25) is 11.8 Å². The highest BCUT2D eigenvalue weighted by Gasteiger charge is 2.42. The summed E-state index contributed by atoms with van der Waals surface area (Å²) in [6, 6.07) is 6.31. The van der Waals surface area contributed by atoms with Gasteiger partial charge in [0.1, 0.15) is 0 Å². The first-order chi connectivity index (χ1) is 13.9. The van der Waals surface area contributed by atoms with Crippen LogP contribution in [0.2, 0.25) is 0 Å². The number of aryl methyl sites for hydroxylation is 2. The third-order valence-electron chi connectivity index (χ3n) is 7.30. The molecule has 3 aliphatic heterocycles. The van der Waals surface area contributed by atoms with E-state index in [0.717, 1.165) is 70.5 Å². The second kappa shape index (κ2) is 8.47. The van der Waals surface area contributed by atoms with Crippen molar-refractivity contribution in [2.45, 2.75) is 64.9 Å². The monoisotopic (exact) mass is 398 g/mol. The lowest BCUT2D eigenvalue weighted by Crippen LogP contribution is -2.53. The molecule has 3 heterocycles. The van der Waals surface area contributed by atoms with Crippen molar-refractivity contribution in [3.05, 3.63) is 34.9 Å². The fourth-order valence-electron chi connectivity index (χ4n) is 5.14. The standard InChI is InChI=1S/C24H34N2O3/c1-18-5-6-20(14-19(18)2)15-23(28)25-11-9-24(10-12-25)8-7-22(27)26(17-24)16-21-4-3-13-29-21/h5-6,14,21H,3-4,7-13,15-17H2,1-2H3. The average molecular weight is 399 g/mol. The molecule has 1 aromatic rings. The molecule has 0 radical (unpaired) electrons. The van der Waals surface area contributed by atoms with Gasteiger partial charge in [-0.1, -0.05) is 18.2 Å². The van der Waals surface area contributed by atoms with E-state index in [0.29, 0.717) is 12.8 Å². The van der Waals surface area contributed by atoms with Crippen LogP contribution in [-0.2, 0) is 20.7 Å². The van der Waals surface area contributed by atoms with Gasteiger partial charge in [-0.25, -0.2) is 0 Å². The lowest BCUT2D eigenvalue weighted by Gasteiger charge is -2.47. The normalized spacial score (nSPS) is 24.3. The molecule has 1 aromatic carbocycles. The van der Waals surface area contributed by atoms with E-state index in [1.807, 2.05) is 9.80 Å². The highest BCUT2D eigenvalue weighted by atomic mass is 16.5. The minimum Gasteiger partial charge on any atom is -0.376 e. The van der Waals surface area contributed by atoms with E-state index in [-0.39, 0.29) is 23.3 Å². The molecule has 5 nitrogen and oxygen atoms in total. The number of benzene rings is 1. The summed E-state index contributed by atoms with van der Waals surface area (Å²) in [5.41, 5.74) is 3.79. The Kier molecular flexibility index (Phi) is 5.95. The van der Waals surface area contributed by atoms with E-state index < -0.39 is 0 Å². The predicted molar refractivity (Wildman–Crippen MR) is 113 cm³/mol. The van der Waals surface area contributed by atoms with Crippen LogP contribution in [0.5, 0.6) is 0 Å². The molecule has 4 rings (SSSR count). The number of carbonyl (C=O) groups is 2. The van der Waals surface area contributed by atoms with Crippen molar-refractivity contribution >= 4 is 11.8 Å². The topological polar surface area (TPSA) is 49.9 Å². The number of nitrogens with zero attached hydrogens (tertiary/aromatic N) is 2. The largest absolute Gasteiger partial charge is 0.376 e. The van der Waals surface area contributed by atoms with E-state index in [1.165, 1.54) is 11.1 Å². The van der Waals surface area contributed by atoms with Gasteiger partial charge in [-0.3, -0.25) is 9.59 Å². The second-order valence-electron chi connectivity index (χ2n) is 9.39. The molecule has 3 aliphatic rings. The number of likely N-dealkylation sites (tertiary alicyclic amines) is 2. The van der Waals surface area contributed by atoms with Crippen molar-refractivity contribution in [3.8, 4) is 0 Å². The Morgan fingerprint density at radius 3 is 2.66 bits per heavy atom. The summed E-state index contributed by atoms with van der Waals surface area (Å²) in [5, 5.41) is 0. The Morgan fingerprint density at radius 2 is 1.97 bits per heavy atom. The molecule has 0 N–H and O–H groups in total. The van der Waals surface area contributed by atoms with Crippen molar-refractivity contribution < 1.29 is 14.3 Å². The Balaban J connectivity index is 1.32. The van der Waals surface area contributed by atoms with Crippen molar-refractivity contribution in [1.29, 1.82) is 0 Å². The minimum absolute atomic E-state index is 0.184. The van der Waals surface area contributed by atoms with Crippen molar-refractivity contribution in [2.75, 3.05) is 32.8 Å². The Labute approximate surface area is 174 Å². The number of piperidine rings is 2. The first-order valence-electron chi connectivity index (χ1n) is 11.2. The zero-order valence-corrected chi connectivity index (χ0v) is 17.9. The molecule has 2 amide bonds. The van der Waals surface area contributed by atoms with Gasteiger partial charge in [-0.2, -0.15) is 0 Å². The van der Waals surface area contributed by atoms with E-state index in [9.17, 15) is 9.59 Å². The average Bonchev–Trinajstić information content (AvgIpc) is 3.21. The highest BCUT2D eigenvalue weighted by molar-refractivity contribution is 5.79. The summed E-state index contributed by atoms with van der Waals surface area (Å²) in [6.07, 6.45) is 6.48. The van der Waals surface area contributed by atoms with Crippen molar-refractivity contribution in [3.63, 3.8) is 0 Å². The molecule has 29 heavy (non-hydrogen) atoms. The molecule has 158 valence electrons. The first kappa shape index (κ1) is 20.4. The zero-order valence-electron chi connectivity index (χ0n) is 17.9. The molecule has 1 spiro atoms. The first-order valence-corrected chi connectivity index (χ1v) is 11.2. The lowest BCUT2D eigenvalue weighted by atomic mass is 9.72. The van der Waals surface area contributed by atoms with Crippen LogP contribution < -0.4 is 0 Å². The molecule has 3 fully saturated rings. The third-order valence-corrected chi connectivity index (χ3v) is 7.30. The van der Waals surface area contributed by atoms with Gasteiger partial charge in [0.25, 0.3) is 0 Å². The molecule has 0 aliphatic carbocycles. The number of amides is 2. The van der Waals surface area contributed by atoms with Gasteiger partial charge < -0.3 is 14.5 Å². The summed E-state index contributed by atoms with van der Waals surface area (Å²) in [4.78, 5) is 29.3. The molecule has 1 unspecified atom stereocenters. The van der Waals surface area contributed by atoms with Crippen LogP contribution in [0.1, 0.15) is 55.2 Å². The van der Waals surface area contributed by atoms with Crippen LogP contribution in [0.25, 0.3) is 0 Å². The van der Waals surface area contributed by atoms with Crippen molar-refractivity contribution in [1.82, 2.24) is 9.80 Å². The van der Waals surface area contributed by atoms with Crippen molar-refractivity contribution in [2.24, 2.45) is 5.41 Å². The summed E-state index contributed by atoms with van der Waals surface area (Å²) < 4.78 is 5.75. The molecule has 3 saturated heterocycles. The van der Waals surface area contributed by atoms with Gasteiger partial charge in [0.05, 0.1) is 12.5 Å². The third kappa shape index (κ3) is 4.66. The fourth-order valence-corrected chi connectivity index (χ4v) is 5.14. The molecule has 5 heteroatoms. The van der Waals surface area contributed by atoms with Crippen LogP contribution in [0.15, 0.2) is 18.2 Å². The summed E-state index contributed by atoms with van der Waals surface area (Å²) in [6.45, 7) is 8.23. The molecule has 0 saturated carbocycles. The molecule has 1 atom stereocenters.